The van der Waals surface area contributed by atoms with E-state index in [1.165, 1.54) is 9.71 Å². The summed E-state index contributed by atoms with van der Waals surface area (Å²) in [5, 5.41) is 1.23. The molecular weight excluding hydrogens is 400 g/mol. The summed E-state index contributed by atoms with van der Waals surface area (Å²) >= 11 is 0. The third-order valence-corrected chi connectivity index (χ3v) is 6.47. The lowest BCUT2D eigenvalue weighted by Crippen LogP contribution is -2.50. The Morgan fingerprint density at radius 3 is 2.23 bits per heavy atom. The SMILES string of the molecule is CC(C)OCc1ccc(C(=O)N2CCN(S(=O)(=O)/C=C/c3ccccc3)CC2)cc1. The summed E-state index contributed by atoms with van der Waals surface area (Å²) in [7, 11) is -3.51. The molecule has 1 heterocycles. The average Bonchev–Trinajstić information content (AvgIpc) is 2.77. The maximum Gasteiger partial charge on any atom is 0.253 e. The number of piperazine rings is 1. The van der Waals surface area contributed by atoms with Crippen LogP contribution in [0.2, 0.25) is 0 Å². The monoisotopic (exact) mass is 428 g/mol. The summed E-state index contributed by atoms with van der Waals surface area (Å²) in [6, 6.07) is 16.7. The minimum Gasteiger partial charge on any atom is -0.374 e. The van der Waals surface area contributed by atoms with Crippen LogP contribution in [0.3, 0.4) is 0 Å². The lowest BCUT2D eigenvalue weighted by atomic mass is 10.1. The van der Waals surface area contributed by atoms with Crippen molar-refractivity contribution < 1.29 is 17.9 Å². The smallest absolute Gasteiger partial charge is 0.253 e. The maximum absolute atomic E-state index is 12.8. The van der Waals surface area contributed by atoms with Gasteiger partial charge in [-0.25, -0.2) is 8.42 Å². The molecule has 0 saturated carbocycles. The molecule has 0 aliphatic carbocycles. The first kappa shape index (κ1) is 22.2. The Labute approximate surface area is 178 Å². The van der Waals surface area contributed by atoms with E-state index in [4.69, 9.17) is 4.74 Å². The van der Waals surface area contributed by atoms with Crippen molar-refractivity contribution >= 4 is 22.0 Å². The lowest BCUT2D eigenvalue weighted by Gasteiger charge is -2.33. The van der Waals surface area contributed by atoms with Gasteiger partial charge in [0.05, 0.1) is 12.7 Å². The number of benzene rings is 2. The number of hydrogen-bond donors (Lipinski definition) is 0. The normalized spacial score (nSPS) is 15.8. The molecular formula is C23H28N2O4S. The van der Waals surface area contributed by atoms with Gasteiger partial charge in [-0.3, -0.25) is 4.79 Å². The van der Waals surface area contributed by atoms with Crippen LogP contribution in [0.5, 0.6) is 0 Å². The molecule has 0 aromatic heterocycles. The lowest BCUT2D eigenvalue weighted by molar-refractivity contribution is 0.0654. The average molecular weight is 429 g/mol. The number of rotatable bonds is 7. The van der Waals surface area contributed by atoms with Gasteiger partial charge in [0, 0.05) is 37.2 Å². The van der Waals surface area contributed by atoms with Crippen LogP contribution >= 0.6 is 0 Å². The van der Waals surface area contributed by atoms with E-state index >= 15 is 0 Å². The molecule has 0 N–H and O–H groups in total. The molecule has 0 radical (unpaired) electrons. The van der Waals surface area contributed by atoms with Gasteiger partial charge in [0.1, 0.15) is 0 Å². The van der Waals surface area contributed by atoms with Gasteiger partial charge in [-0.1, -0.05) is 42.5 Å². The van der Waals surface area contributed by atoms with Gasteiger partial charge in [-0.15, -0.1) is 0 Å². The van der Waals surface area contributed by atoms with Gasteiger partial charge in [-0.2, -0.15) is 4.31 Å². The van der Waals surface area contributed by atoms with Crippen LogP contribution in [0.4, 0.5) is 0 Å². The maximum atomic E-state index is 12.8. The van der Waals surface area contributed by atoms with E-state index in [-0.39, 0.29) is 25.1 Å². The molecule has 0 bridgehead atoms. The summed E-state index contributed by atoms with van der Waals surface area (Å²) in [5.41, 5.74) is 2.45. The molecule has 3 rings (SSSR count). The third-order valence-electron chi connectivity index (χ3n) is 4.90. The molecule has 2 aromatic rings. The molecule has 2 aromatic carbocycles. The van der Waals surface area contributed by atoms with Crippen molar-refractivity contribution in [3.05, 3.63) is 76.7 Å². The molecule has 6 nitrogen and oxygen atoms in total. The minimum absolute atomic E-state index is 0.0804. The quantitative estimate of drug-likeness (QED) is 0.678. The van der Waals surface area contributed by atoms with Crippen LogP contribution in [-0.2, 0) is 21.4 Å². The number of carbonyl (C=O) groups is 1. The number of amides is 1. The first-order chi connectivity index (χ1) is 14.3. The highest BCUT2D eigenvalue weighted by atomic mass is 32.2. The second-order valence-corrected chi connectivity index (χ2v) is 9.32. The highest BCUT2D eigenvalue weighted by molar-refractivity contribution is 7.92. The van der Waals surface area contributed by atoms with Crippen molar-refractivity contribution in [3.8, 4) is 0 Å². The summed E-state index contributed by atoms with van der Waals surface area (Å²) < 4.78 is 32.1. The Kier molecular flexibility index (Phi) is 7.42. The highest BCUT2D eigenvalue weighted by Gasteiger charge is 2.27. The molecule has 0 unspecified atom stereocenters. The Morgan fingerprint density at radius 2 is 1.63 bits per heavy atom. The molecule has 1 aliphatic rings. The van der Waals surface area contributed by atoms with Crippen molar-refractivity contribution in [2.45, 2.75) is 26.6 Å². The predicted octanol–water partition coefficient (Wildman–Crippen LogP) is 3.37. The fourth-order valence-corrected chi connectivity index (χ4v) is 4.32. The Bertz CT molecular complexity index is 962. The van der Waals surface area contributed by atoms with Crippen LogP contribution in [0.1, 0.15) is 35.3 Å². The number of ether oxygens (including phenoxy) is 1. The topological polar surface area (TPSA) is 66.9 Å². The van der Waals surface area contributed by atoms with Gasteiger partial charge in [0.15, 0.2) is 0 Å². The van der Waals surface area contributed by atoms with Crippen LogP contribution in [-0.4, -0.2) is 55.8 Å². The molecule has 0 atom stereocenters. The van der Waals surface area contributed by atoms with E-state index in [0.717, 1.165) is 11.1 Å². The van der Waals surface area contributed by atoms with E-state index in [2.05, 4.69) is 0 Å². The van der Waals surface area contributed by atoms with Gasteiger partial charge in [0.2, 0.25) is 10.0 Å². The highest BCUT2D eigenvalue weighted by Crippen LogP contribution is 2.15. The molecule has 1 fully saturated rings. The number of carbonyl (C=O) groups excluding carboxylic acids is 1. The molecule has 160 valence electrons. The van der Waals surface area contributed by atoms with Crippen LogP contribution in [0, 0.1) is 0 Å². The minimum atomic E-state index is -3.51. The second-order valence-electron chi connectivity index (χ2n) is 7.51. The van der Waals surface area contributed by atoms with E-state index in [9.17, 15) is 13.2 Å². The summed E-state index contributed by atoms with van der Waals surface area (Å²) in [6.45, 7) is 5.79. The third kappa shape index (κ3) is 6.01. The summed E-state index contributed by atoms with van der Waals surface area (Å²) in [6.07, 6.45) is 1.75. The van der Waals surface area contributed by atoms with E-state index in [1.807, 2.05) is 56.3 Å². The molecule has 1 aliphatic heterocycles. The molecule has 30 heavy (non-hydrogen) atoms. The van der Waals surface area contributed by atoms with Gasteiger partial charge < -0.3 is 9.64 Å². The standard InChI is InChI=1S/C23H28N2O4S/c1-19(2)29-18-21-8-10-22(11-9-21)23(26)24-13-15-25(16-14-24)30(27,28)17-12-20-6-4-3-5-7-20/h3-12,17,19H,13-16,18H2,1-2H3/b17-12+. The largest absolute Gasteiger partial charge is 0.374 e. The van der Waals surface area contributed by atoms with Gasteiger partial charge in [0.25, 0.3) is 5.91 Å². The summed E-state index contributed by atoms with van der Waals surface area (Å²) in [4.78, 5) is 14.5. The van der Waals surface area contributed by atoms with E-state index in [1.54, 1.807) is 23.1 Å². The van der Waals surface area contributed by atoms with Crippen molar-refractivity contribution in [2.75, 3.05) is 26.2 Å². The van der Waals surface area contributed by atoms with E-state index < -0.39 is 10.0 Å². The fraction of sp³-hybridized carbons (Fsp3) is 0.348. The van der Waals surface area contributed by atoms with E-state index in [0.29, 0.717) is 25.3 Å². The first-order valence-electron chi connectivity index (χ1n) is 10.1. The zero-order valence-corrected chi connectivity index (χ0v) is 18.2. The molecule has 1 saturated heterocycles. The molecule has 0 spiro atoms. The number of hydrogen-bond acceptors (Lipinski definition) is 4. The number of sulfonamides is 1. The Hall–Kier alpha value is -2.48. The molecule has 7 heteroatoms. The Balaban J connectivity index is 1.55. The van der Waals surface area contributed by atoms with Gasteiger partial charge in [-0.05, 0) is 43.2 Å². The Morgan fingerprint density at radius 1 is 1.00 bits per heavy atom. The van der Waals surface area contributed by atoms with Gasteiger partial charge >= 0.3 is 0 Å². The van der Waals surface area contributed by atoms with Crippen molar-refractivity contribution in [3.63, 3.8) is 0 Å². The second kappa shape index (κ2) is 10.0. The predicted molar refractivity (Wildman–Crippen MR) is 118 cm³/mol. The van der Waals surface area contributed by atoms with Crippen molar-refractivity contribution in [1.82, 2.24) is 9.21 Å². The van der Waals surface area contributed by atoms with Crippen LogP contribution in [0.15, 0.2) is 60.0 Å². The van der Waals surface area contributed by atoms with Crippen molar-refractivity contribution in [2.24, 2.45) is 0 Å². The molecule has 1 amide bonds. The zero-order chi connectivity index (χ0) is 21.6. The van der Waals surface area contributed by atoms with Crippen LogP contribution < -0.4 is 0 Å². The van der Waals surface area contributed by atoms with Crippen molar-refractivity contribution in [1.29, 1.82) is 0 Å². The first-order valence-corrected chi connectivity index (χ1v) is 11.6. The zero-order valence-electron chi connectivity index (χ0n) is 17.4. The summed E-state index contributed by atoms with van der Waals surface area (Å²) in [5.74, 6) is -0.0804. The number of nitrogens with zero attached hydrogens (tertiary/aromatic N) is 2. The fourth-order valence-electron chi connectivity index (χ4n) is 3.15. The van der Waals surface area contributed by atoms with Crippen LogP contribution in [0.25, 0.3) is 6.08 Å².